The van der Waals surface area contributed by atoms with Crippen molar-refractivity contribution in [3.8, 4) is 12.1 Å². The smallest absolute Gasteiger partial charge is 0.234 e. The van der Waals surface area contributed by atoms with Crippen LogP contribution in [0.25, 0.3) is 0 Å². The monoisotopic (exact) mass is 316 g/mol. The van der Waals surface area contributed by atoms with Crippen molar-refractivity contribution in [3.63, 3.8) is 0 Å². The summed E-state index contributed by atoms with van der Waals surface area (Å²) in [6.45, 7) is 3.73. The van der Waals surface area contributed by atoms with Gasteiger partial charge in [-0.1, -0.05) is 0 Å². The Morgan fingerprint density at radius 2 is 1.05 bits per heavy atom. The Morgan fingerprint density at radius 1 is 0.714 bits per heavy atom. The topological polar surface area (TPSA) is 130 Å². The highest BCUT2D eigenvalue weighted by Gasteiger charge is 1.98. The van der Waals surface area contributed by atoms with Crippen molar-refractivity contribution in [1.29, 1.82) is 10.5 Å². The molecule has 0 spiro atoms. The molecule has 0 aliphatic carbocycles. The van der Waals surface area contributed by atoms with Gasteiger partial charge in [-0.15, -0.1) is 12.4 Å². The molecule has 0 heterocycles. The molecule has 0 aromatic heterocycles. The number of carbonyl (C=O) groups excluding carboxylic acids is 2. The van der Waals surface area contributed by atoms with Crippen LogP contribution in [-0.2, 0) is 9.59 Å². The van der Waals surface area contributed by atoms with Crippen LogP contribution in [0.15, 0.2) is 0 Å². The third kappa shape index (κ3) is 16.1. The van der Waals surface area contributed by atoms with Gasteiger partial charge in [0.15, 0.2) is 0 Å². The van der Waals surface area contributed by atoms with Gasteiger partial charge in [0.1, 0.15) is 12.8 Å². The van der Waals surface area contributed by atoms with Gasteiger partial charge in [-0.3, -0.25) is 9.59 Å². The highest BCUT2D eigenvalue weighted by molar-refractivity contribution is 5.85. The van der Waals surface area contributed by atoms with E-state index in [-0.39, 0.29) is 37.1 Å². The standard InChI is InChI=1S/C12H20N6O2.ClH/c13-3-1-11(19)17-9-7-15-5-6-16-8-10-18-12(20)2-4-14;/h15-16H,1-2,5-10H2,(H,17,19)(H,18,20);1H. The number of nitriles is 2. The molecule has 0 aromatic carbocycles. The van der Waals surface area contributed by atoms with Crippen molar-refractivity contribution >= 4 is 24.2 Å². The average Bonchev–Trinajstić information content (AvgIpc) is 2.41. The zero-order valence-electron chi connectivity index (χ0n) is 11.8. The van der Waals surface area contributed by atoms with Crippen LogP contribution in [0.5, 0.6) is 0 Å². The highest BCUT2D eigenvalue weighted by atomic mass is 35.5. The number of amides is 2. The summed E-state index contributed by atoms with van der Waals surface area (Å²) in [5, 5.41) is 28.0. The fraction of sp³-hybridized carbons (Fsp3) is 0.667. The van der Waals surface area contributed by atoms with Gasteiger partial charge < -0.3 is 21.3 Å². The molecule has 118 valence electrons. The fourth-order valence-corrected chi connectivity index (χ4v) is 1.28. The summed E-state index contributed by atoms with van der Waals surface area (Å²) in [7, 11) is 0. The van der Waals surface area contributed by atoms with Gasteiger partial charge in [0.2, 0.25) is 11.8 Å². The van der Waals surface area contributed by atoms with E-state index in [1.807, 2.05) is 0 Å². The van der Waals surface area contributed by atoms with Gasteiger partial charge in [0, 0.05) is 39.3 Å². The second-order valence-corrected chi connectivity index (χ2v) is 3.87. The second kappa shape index (κ2) is 16.2. The van der Waals surface area contributed by atoms with Crippen molar-refractivity contribution < 1.29 is 9.59 Å². The number of hydrogen-bond acceptors (Lipinski definition) is 6. The van der Waals surface area contributed by atoms with Gasteiger partial charge in [0.05, 0.1) is 12.1 Å². The van der Waals surface area contributed by atoms with Crippen LogP contribution in [0, 0.1) is 22.7 Å². The Hall–Kier alpha value is -1.87. The lowest BCUT2D eigenvalue weighted by atomic mass is 10.4. The zero-order valence-corrected chi connectivity index (χ0v) is 12.6. The maximum absolute atomic E-state index is 10.9. The average molecular weight is 317 g/mol. The number of carbonyl (C=O) groups is 2. The summed E-state index contributed by atoms with van der Waals surface area (Å²) in [5.74, 6) is -0.527. The largest absolute Gasteiger partial charge is 0.354 e. The predicted molar refractivity (Wildman–Crippen MR) is 79.5 cm³/mol. The molecule has 9 heteroatoms. The lowest BCUT2D eigenvalue weighted by Gasteiger charge is -2.07. The Bertz CT molecular complexity index is 341. The molecule has 0 rings (SSSR count). The third-order valence-corrected chi connectivity index (χ3v) is 2.21. The SMILES string of the molecule is Cl.N#CCC(=O)NCCNCCNCCNC(=O)CC#N. The summed E-state index contributed by atoms with van der Waals surface area (Å²) in [4.78, 5) is 21.8. The van der Waals surface area contributed by atoms with Gasteiger partial charge in [-0.25, -0.2) is 0 Å². The number of halogens is 1. The molecule has 0 aliphatic heterocycles. The van der Waals surface area contributed by atoms with Crippen LogP contribution in [0.3, 0.4) is 0 Å². The van der Waals surface area contributed by atoms with E-state index in [0.717, 1.165) is 13.1 Å². The molecule has 21 heavy (non-hydrogen) atoms. The van der Waals surface area contributed by atoms with Crippen molar-refractivity contribution in [3.05, 3.63) is 0 Å². The minimum atomic E-state index is -0.263. The first kappa shape index (κ1) is 21.4. The first-order chi connectivity index (χ1) is 9.70. The molecular weight excluding hydrogens is 296 g/mol. The van der Waals surface area contributed by atoms with Crippen molar-refractivity contribution in [2.24, 2.45) is 0 Å². The van der Waals surface area contributed by atoms with Crippen molar-refractivity contribution in [1.82, 2.24) is 21.3 Å². The first-order valence-electron chi connectivity index (χ1n) is 6.39. The van der Waals surface area contributed by atoms with E-state index in [0.29, 0.717) is 26.2 Å². The number of nitrogens with zero attached hydrogens (tertiary/aromatic N) is 2. The van der Waals surface area contributed by atoms with Gasteiger partial charge in [-0.2, -0.15) is 10.5 Å². The van der Waals surface area contributed by atoms with E-state index in [2.05, 4.69) is 21.3 Å². The Morgan fingerprint density at radius 3 is 1.38 bits per heavy atom. The molecule has 0 unspecified atom stereocenters. The van der Waals surface area contributed by atoms with E-state index >= 15 is 0 Å². The Labute approximate surface area is 130 Å². The number of hydrogen-bond donors (Lipinski definition) is 4. The van der Waals surface area contributed by atoms with Gasteiger partial charge in [-0.05, 0) is 0 Å². The first-order valence-corrected chi connectivity index (χ1v) is 6.39. The van der Waals surface area contributed by atoms with Crippen LogP contribution in [0.1, 0.15) is 12.8 Å². The molecule has 4 N–H and O–H groups in total. The molecule has 0 saturated carbocycles. The van der Waals surface area contributed by atoms with Crippen LogP contribution >= 0.6 is 12.4 Å². The van der Waals surface area contributed by atoms with Gasteiger partial charge in [0.25, 0.3) is 0 Å². The van der Waals surface area contributed by atoms with Gasteiger partial charge >= 0.3 is 0 Å². The normalized spacial score (nSPS) is 8.86. The molecule has 0 radical (unpaired) electrons. The molecule has 0 aromatic rings. The molecule has 0 atom stereocenters. The van der Waals surface area contributed by atoms with Crippen molar-refractivity contribution in [2.75, 3.05) is 39.3 Å². The number of nitrogens with one attached hydrogen (secondary N) is 4. The summed E-state index contributed by atoms with van der Waals surface area (Å²) in [5.41, 5.74) is 0. The molecule has 8 nitrogen and oxygen atoms in total. The minimum Gasteiger partial charge on any atom is -0.354 e. The van der Waals surface area contributed by atoms with E-state index in [1.165, 1.54) is 0 Å². The summed E-state index contributed by atoms with van der Waals surface area (Å²) in [6.07, 6.45) is -0.224. The van der Waals surface area contributed by atoms with Crippen LogP contribution in [0.4, 0.5) is 0 Å². The maximum atomic E-state index is 10.9. The van der Waals surface area contributed by atoms with E-state index in [1.54, 1.807) is 12.1 Å². The lowest BCUT2D eigenvalue weighted by molar-refractivity contribution is -0.120. The van der Waals surface area contributed by atoms with Crippen LogP contribution in [0.2, 0.25) is 0 Å². The molecule has 0 saturated heterocycles. The zero-order chi connectivity index (χ0) is 15.1. The predicted octanol–water partition coefficient (Wildman–Crippen LogP) is -1.35. The Kier molecular flexibility index (Phi) is 16.5. The molecular formula is C12H21ClN6O2. The molecule has 0 aliphatic rings. The van der Waals surface area contributed by atoms with E-state index < -0.39 is 0 Å². The minimum absolute atomic E-state index is 0. The van der Waals surface area contributed by atoms with Crippen LogP contribution < -0.4 is 21.3 Å². The molecule has 2 amide bonds. The second-order valence-electron chi connectivity index (χ2n) is 3.87. The molecule has 0 bridgehead atoms. The van der Waals surface area contributed by atoms with Crippen molar-refractivity contribution in [2.45, 2.75) is 12.8 Å². The summed E-state index contributed by atoms with van der Waals surface area (Å²) < 4.78 is 0. The quantitative estimate of drug-likeness (QED) is 0.349. The Balaban J connectivity index is 0. The lowest BCUT2D eigenvalue weighted by Crippen LogP contribution is -2.37. The summed E-state index contributed by atoms with van der Waals surface area (Å²) in [6, 6.07) is 3.55. The highest BCUT2D eigenvalue weighted by Crippen LogP contribution is 1.74. The fourth-order valence-electron chi connectivity index (χ4n) is 1.28. The third-order valence-electron chi connectivity index (χ3n) is 2.21. The van der Waals surface area contributed by atoms with Crippen LogP contribution in [-0.4, -0.2) is 51.1 Å². The maximum Gasteiger partial charge on any atom is 0.234 e. The molecule has 0 fully saturated rings. The number of rotatable bonds is 11. The van der Waals surface area contributed by atoms with E-state index in [4.69, 9.17) is 10.5 Å². The summed E-state index contributed by atoms with van der Waals surface area (Å²) >= 11 is 0. The van der Waals surface area contributed by atoms with E-state index in [9.17, 15) is 9.59 Å².